The zero-order valence-corrected chi connectivity index (χ0v) is 10.2. The first-order valence-corrected chi connectivity index (χ1v) is 6.06. The Morgan fingerprint density at radius 2 is 1.68 bits per heavy atom. The molecule has 4 heteroatoms. The number of para-hydroxylation sites is 1. The lowest BCUT2D eigenvalue weighted by Crippen LogP contribution is -2.29. The first kappa shape index (κ1) is 11.9. The highest BCUT2D eigenvalue weighted by Crippen LogP contribution is 2.26. The summed E-state index contributed by atoms with van der Waals surface area (Å²) in [6.07, 6.45) is 1.76. The lowest BCUT2D eigenvalue weighted by Gasteiger charge is -2.07. The molecule has 0 saturated carbocycles. The van der Waals surface area contributed by atoms with Crippen LogP contribution in [0.25, 0.3) is 22.0 Å². The van der Waals surface area contributed by atoms with Crippen LogP contribution in [0.15, 0.2) is 60.8 Å². The molecule has 0 unspecified atom stereocenters. The largest absolute Gasteiger partial charge is 0.488 e. The molecule has 0 spiro atoms. The Kier molecular flexibility index (Phi) is 3.03. The van der Waals surface area contributed by atoms with Crippen LogP contribution in [-0.4, -0.2) is 22.2 Å². The number of fused-ring (bicyclic) bond motifs is 1. The molecule has 0 aliphatic carbocycles. The highest BCUT2D eigenvalue weighted by atomic mass is 16.4. The SMILES string of the molecule is OB(O)c1cccc(-c2cccc3cccnc23)c1. The second-order valence-electron chi connectivity index (χ2n) is 4.38. The van der Waals surface area contributed by atoms with Crippen LogP contribution in [0, 0.1) is 0 Å². The Balaban J connectivity index is 2.22. The predicted molar refractivity (Wildman–Crippen MR) is 77.0 cm³/mol. The molecule has 92 valence electrons. The third kappa shape index (κ3) is 2.23. The highest BCUT2D eigenvalue weighted by Gasteiger charge is 2.12. The average molecular weight is 249 g/mol. The number of pyridine rings is 1. The molecule has 0 saturated heterocycles. The van der Waals surface area contributed by atoms with E-state index in [1.54, 1.807) is 18.3 Å². The molecular formula is C15H12BNO2. The predicted octanol–water partition coefficient (Wildman–Crippen LogP) is 1.58. The van der Waals surface area contributed by atoms with Crippen LogP contribution in [-0.2, 0) is 0 Å². The third-order valence-electron chi connectivity index (χ3n) is 3.13. The van der Waals surface area contributed by atoms with Gasteiger partial charge in [0, 0.05) is 17.1 Å². The van der Waals surface area contributed by atoms with Crippen LogP contribution in [0.3, 0.4) is 0 Å². The first-order valence-electron chi connectivity index (χ1n) is 6.06. The highest BCUT2D eigenvalue weighted by molar-refractivity contribution is 6.58. The molecule has 1 aromatic heterocycles. The molecular weight excluding hydrogens is 237 g/mol. The van der Waals surface area contributed by atoms with E-state index in [4.69, 9.17) is 0 Å². The van der Waals surface area contributed by atoms with Gasteiger partial charge in [-0.05, 0) is 17.1 Å². The summed E-state index contributed by atoms with van der Waals surface area (Å²) in [4.78, 5) is 4.41. The van der Waals surface area contributed by atoms with Crippen molar-refractivity contribution in [2.45, 2.75) is 0 Å². The topological polar surface area (TPSA) is 53.4 Å². The number of hydrogen-bond acceptors (Lipinski definition) is 3. The molecule has 0 aliphatic heterocycles. The van der Waals surface area contributed by atoms with Crippen molar-refractivity contribution in [3.63, 3.8) is 0 Å². The van der Waals surface area contributed by atoms with Crippen molar-refractivity contribution in [3.05, 3.63) is 60.8 Å². The Morgan fingerprint density at radius 1 is 0.895 bits per heavy atom. The zero-order valence-electron chi connectivity index (χ0n) is 10.2. The molecule has 2 N–H and O–H groups in total. The molecule has 3 nitrogen and oxygen atoms in total. The van der Waals surface area contributed by atoms with E-state index in [-0.39, 0.29) is 0 Å². The summed E-state index contributed by atoms with van der Waals surface area (Å²) in [5, 5.41) is 19.6. The van der Waals surface area contributed by atoms with Crippen LogP contribution in [0.2, 0.25) is 0 Å². The van der Waals surface area contributed by atoms with Crippen molar-refractivity contribution in [1.29, 1.82) is 0 Å². The normalized spacial score (nSPS) is 10.6. The van der Waals surface area contributed by atoms with E-state index >= 15 is 0 Å². The maximum atomic E-state index is 9.25. The van der Waals surface area contributed by atoms with Gasteiger partial charge in [-0.1, -0.05) is 48.5 Å². The third-order valence-corrected chi connectivity index (χ3v) is 3.13. The van der Waals surface area contributed by atoms with Gasteiger partial charge in [-0.2, -0.15) is 0 Å². The zero-order chi connectivity index (χ0) is 13.2. The smallest absolute Gasteiger partial charge is 0.423 e. The minimum Gasteiger partial charge on any atom is -0.423 e. The van der Waals surface area contributed by atoms with Gasteiger partial charge < -0.3 is 10.0 Å². The number of nitrogens with zero attached hydrogens (tertiary/aromatic N) is 1. The van der Waals surface area contributed by atoms with Crippen LogP contribution < -0.4 is 5.46 Å². The van der Waals surface area contributed by atoms with Gasteiger partial charge in [0.1, 0.15) is 0 Å². The minimum atomic E-state index is -1.46. The molecule has 19 heavy (non-hydrogen) atoms. The average Bonchev–Trinajstić information content (AvgIpc) is 2.47. The Hall–Kier alpha value is -2.17. The summed E-state index contributed by atoms with van der Waals surface area (Å²) < 4.78 is 0. The van der Waals surface area contributed by atoms with Gasteiger partial charge in [0.25, 0.3) is 0 Å². The van der Waals surface area contributed by atoms with Gasteiger partial charge in [0.2, 0.25) is 0 Å². The van der Waals surface area contributed by atoms with Gasteiger partial charge in [0.15, 0.2) is 0 Å². The van der Waals surface area contributed by atoms with Crippen LogP contribution in [0.5, 0.6) is 0 Å². The quantitative estimate of drug-likeness (QED) is 0.678. The van der Waals surface area contributed by atoms with Crippen molar-refractivity contribution in [3.8, 4) is 11.1 Å². The van der Waals surface area contributed by atoms with Crippen LogP contribution in [0.1, 0.15) is 0 Å². The summed E-state index contributed by atoms with van der Waals surface area (Å²) in [6.45, 7) is 0. The fourth-order valence-electron chi connectivity index (χ4n) is 2.20. The molecule has 0 radical (unpaired) electrons. The summed E-state index contributed by atoms with van der Waals surface area (Å²) in [6, 6.07) is 17.1. The second-order valence-corrected chi connectivity index (χ2v) is 4.38. The number of rotatable bonds is 2. The summed E-state index contributed by atoms with van der Waals surface area (Å²) in [5.74, 6) is 0. The Labute approximate surface area is 111 Å². The number of aromatic nitrogens is 1. The minimum absolute atomic E-state index is 0.477. The molecule has 0 atom stereocenters. The maximum Gasteiger partial charge on any atom is 0.488 e. The van der Waals surface area contributed by atoms with Crippen molar-refractivity contribution < 1.29 is 10.0 Å². The summed E-state index contributed by atoms with van der Waals surface area (Å²) >= 11 is 0. The van der Waals surface area contributed by atoms with Gasteiger partial charge >= 0.3 is 7.12 Å². The van der Waals surface area contributed by atoms with E-state index in [1.807, 2.05) is 42.5 Å². The lowest BCUT2D eigenvalue weighted by atomic mass is 9.79. The van der Waals surface area contributed by atoms with Crippen molar-refractivity contribution in [1.82, 2.24) is 4.98 Å². The van der Waals surface area contributed by atoms with Gasteiger partial charge in [-0.3, -0.25) is 4.98 Å². The van der Waals surface area contributed by atoms with E-state index in [2.05, 4.69) is 4.98 Å². The Bertz CT molecular complexity index is 723. The number of benzene rings is 2. The summed E-state index contributed by atoms with van der Waals surface area (Å²) in [5.41, 5.74) is 3.30. The van der Waals surface area contributed by atoms with E-state index in [9.17, 15) is 10.0 Å². The lowest BCUT2D eigenvalue weighted by molar-refractivity contribution is 0.426. The molecule has 0 amide bonds. The van der Waals surface area contributed by atoms with E-state index in [1.165, 1.54) is 0 Å². The van der Waals surface area contributed by atoms with Gasteiger partial charge in [0.05, 0.1) is 5.52 Å². The van der Waals surface area contributed by atoms with Crippen molar-refractivity contribution >= 4 is 23.5 Å². The van der Waals surface area contributed by atoms with E-state index in [0.29, 0.717) is 5.46 Å². The van der Waals surface area contributed by atoms with Crippen molar-refractivity contribution in [2.24, 2.45) is 0 Å². The molecule has 0 fully saturated rings. The molecule has 2 aromatic carbocycles. The molecule has 1 heterocycles. The molecule has 0 aliphatic rings. The fraction of sp³-hybridized carbons (Fsp3) is 0. The Morgan fingerprint density at radius 3 is 2.53 bits per heavy atom. The molecule has 0 bridgehead atoms. The van der Waals surface area contributed by atoms with Gasteiger partial charge in [-0.25, -0.2) is 0 Å². The number of hydrogen-bond donors (Lipinski definition) is 2. The summed E-state index contributed by atoms with van der Waals surface area (Å²) in [7, 11) is -1.46. The fourth-order valence-corrected chi connectivity index (χ4v) is 2.20. The standard InChI is InChI=1S/C15H12BNO2/c18-16(19)13-7-1-5-12(10-13)14-8-2-4-11-6-3-9-17-15(11)14/h1-10,18-19H. The van der Waals surface area contributed by atoms with E-state index in [0.717, 1.165) is 22.0 Å². The van der Waals surface area contributed by atoms with E-state index < -0.39 is 7.12 Å². The van der Waals surface area contributed by atoms with Crippen molar-refractivity contribution in [2.75, 3.05) is 0 Å². The maximum absolute atomic E-state index is 9.25. The second kappa shape index (κ2) is 4.84. The molecule has 3 rings (SSSR count). The van der Waals surface area contributed by atoms with Crippen LogP contribution in [0.4, 0.5) is 0 Å². The molecule has 3 aromatic rings. The first-order chi connectivity index (χ1) is 9.25. The monoisotopic (exact) mass is 249 g/mol. The van der Waals surface area contributed by atoms with Crippen LogP contribution >= 0.6 is 0 Å². The van der Waals surface area contributed by atoms with Gasteiger partial charge in [-0.15, -0.1) is 0 Å².